The molecule has 15 heavy (non-hydrogen) atoms. The summed E-state index contributed by atoms with van der Waals surface area (Å²) in [4.78, 5) is 11.6. The molecular formula is C13H16O2. The molecule has 1 N–H and O–H groups in total. The predicted octanol–water partition coefficient (Wildman–Crippen LogP) is 3.20. The Kier molecular flexibility index (Phi) is 3.67. The number of rotatable bonds is 3. The number of allylic oxidation sites excluding steroid dienone is 1. The Labute approximate surface area is 90.3 Å². The van der Waals surface area contributed by atoms with Crippen molar-refractivity contribution < 1.29 is 9.90 Å². The molecule has 0 saturated heterocycles. The third kappa shape index (κ3) is 2.69. The molecule has 0 bridgehead atoms. The van der Waals surface area contributed by atoms with Crippen molar-refractivity contribution >= 4 is 11.5 Å². The monoisotopic (exact) mass is 204 g/mol. The Morgan fingerprint density at radius 1 is 1.20 bits per heavy atom. The van der Waals surface area contributed by atoms with Crippen LogP contribution in [0.2, 0.25) is 0 Å². The molecule has 1 rings (SSSR count). The smallest absolute Gasteiger partial charge is 0.164 e. The van der Waals surface area contributed by atoms with E-state index in [4.69, 9.17) is 0 Å². The van der Waals surface area contributed by atoms with Gasteiger partial charge in [0.25, 0.3) is 0 Å². The van der Waals surface area contributed by atoms with Crippen molar-refractivity contribution in [3.05, 3.63) is 41.5 Å². The van der Waals surface area contributed by atoms with Crippen molar-refractivity contribution in [1.29, 1.82) is 0 Å². The zero-order valence-corrected chi connectivity index (χ0v) is 9.32. The van der Waals surface area contributed by atoms with Gasteiger partial charge < -0.3 is 5.11 Å². The largest absolute Gasteiger partial charge is 0.507 e. The maximum absolute atomic E-state index is 11.6. The quantitative estimate of drug-likeness (QED) is 0.606. The number of hydrogen-bond acceptors (Lipinski definition) is 2. The summed E-state index contributed by atoms with van der Waals surface area (Å²) in [5, 5.41) is 9.87. The van der Waals surface area contributed by atoms with Gasteiger partial charge in [0.15, 0.2) is 5.78 Å². The molecule has 2 nitrogen and oxygen atoms in total. The van der Waals surface area contributed by atoms with Crippen LogP contribution in [-0.4, -0.2) is 10.9 Å². The second-order valence-corrected chi connectivity index (χ2v) is 3.86. The molecule has 80 valence electrons. The van der Waals surface area contributed by atoms with Gasteiger partial charge in [-0.1, -0.05) is 44.2 Å². The van der Waals surface area contributed by atoms with Crippen LogP contribution in [0.5, 0.6) is 0 Å². The standard InChI is InChI=1S/C13H16O2/c1-9(2)12(14)10(3)13(15)11-7-5-4-6-8-11/h4-9,15H,1-3H3/b13-10-. The molecule has 0 aliphatic heterocycles. The van der Waals surface area contributed by atoms with Gasteiger partial charge in [-0.05, 0) is 6.92 Å². The number of Topliss-reactive ketones (excluding diaryl/α,β-unsaturated/α-hetero) is 1. The average molecular weight is 204 g/mol. The van der Waals surface area contributed by atoms with Crippen molar-refractivity contribution in [3.8, 4) is 0 Å². The van der Waals surface area contributed by atoms with Gasteiger partial charge in [0, 0.05) is 17.1 Å². The van der Waals surface area contributed by atoms with Crippen molar-refractivity contribution in [2.75, 3.05) is 0 Å². The highest BCUT2D eigenvalue weighted by Gasteiger charge is 2.14. The van der Waals surface area contributed by atoms with E-state index in [9.17, 15) is 9.90 Å². The van der Waals surface area contributed by atoms with E-state index in [0.717, 1.165) is 0 Å². The van der Waals surface area contributed by atoms with Gasteiger partial charge >= 0.3 is 0 Å². The molecule has 1 aromatic carbocycles. The van der Waals surface area contributed by atoms with Crippen LogP contribution in [-0.2, 0) is 4.79 Å². The minimum atomic E-state index is -0.0872. The molecule has 0 spiro atoms. The number of aliphatic hydroxyl groups excluding tert-OH is 1. The van der Waals surface area contributed by atoms with Gasteiger partial charge in [-0.3, -0.25) is 4.79 Å². The summed E-state index contributed by atoms with van der Waals surface area (Å²) in [6, 6.07) is 9.10. The second kappa shape index (κ2) is 4.78. The van der Waals surface area contributed by atoms with Crippen LogP contribution in [0.15, 0.2) is 35.9 Å². The Hall–Kier alpha value is -1.57. The number of benzene rings is 1. The van der Waals surface area contributed by atoms with Crippen LogP contribution in [0.25, 0.3) is 5.76 Å². The SMILES string of the molecule is C/C(C(=O)C(C)C)=C(/O)c1ccccc1. The Morgan fingerprint density at radius 3 is 2.20 bits per heavy atom. The minimum absolute atomic E-state index is 0.0173. The molecular weight excluding hydrogens is 188 g/mol. The highest BCUT2D eigenvalue weighted by atomic mass is 16.3. The van der Waals surface area contributed by atoms with Crippen molar-refractivity contribution in [2.45, 2.75) is 20.8 Å². The zero-order valence-electron chi connectivity index (χ0n) is 9.32. The lowest BCUT2D eigenvalue weighted by Gasteiger charge is -2.07. The van der Waals surface area contributed by atoms with E-state index in [2.05, 4.69) is 0 Å². The molecule has 2 heteroatoms. The van der Waals surface area contributed by atoms with E-state index in [1.807, 2.05) is 32.0 Å². The number of carbonyl (C=O) groups excluding carboxylic acids is 1. The second-order valence-electron chi connectivity index (χ2n) is 3.86. The van der Waals surface area contributed by atoms with E-state index in [1.165, 1.54) is 0 Å². The molecule has 0 radical (unpaired) electrons. The van der Waals surface area contributed by atoms with Crippen LogP contribution < -0.4 is 0 Å². The van der Waals surface area contributed by atoms with Crippen LogP contribution in [0.4, 0.5) is 0 Å². The Balaban J connectivity index is 3.06. The normalized spacial score (nSPS) is 12.5. The van der Waals surface area contributed by atoms with Crippen LogP contribution in [0, 0.1) is 5.92 Å². The number of carbonyl (C=O) groups is 1. The first-order chi connectivity index (χ1) is 7.04. The highest BCUT2D eigenvalue weighted by Crippen LogP contribution is 2.18. The maximum Gasteiger partial charge on any atom is 0.164 e. The summed E-state index contributed by atoms with van der Waals surface area (Å²) < 4.78 is 0. The van der Waals surface area contributed by atoms with E-state index in [0.29, 0.717) is 11.1 Å². The van der Waals surface area contributed by atoms with E-state index >= 15 is 0 Å². The average Bonchev–Trinajstić information content (AvgIpc) is 2.27. The molecule has 0 amide bonds. The predicted molar refractivity (Wildman–Crippen MR) is 61.5 cm³/mol. The molecule has 0 saturated carbocycles. The van der Waals surface area contributed by atoms with E-state index in [-0.39, 0.29) is 17.5 Å². The third-order valence-corrected chi connectivity index (χ3v) is 2.30. The van der Waals surface area contributed by atoms with Crippen LogP contribution >= 0.6 is 0 Å². The van der Waals surface area contributed by atoms with Crippen molar-refractivity contribution in [3.63, 3.8) is 0 Å². The lowest BCUT2D eigenvalue weighted by atomic mass is 9.99. The van der Waals surface area contributed by atoms with Crippen molar-refractivity contribution in [2.24, 2.45) is 5.92 Å². The molecule has 0 aliphatic rings. The summed E-state index contributed by atoms with van der Waals surface area (Å²) in [5.74, 6) is -0.0264. The van der Waals surface area contributed by atoms with Crippen LogP contribution in [0.3, 0.4) is 0 Å². The summed E-state index contributed by atoms with van der Waals surface area (Å²) in [6.45, 7) is 5.30. The fraction of sp³-hybridized carbons (Fsp3) is 0.308. The zero-order chi connectivity index (χ0) is 11.4. The molecule has 0 fully saturated rings. The molecule has 0 aromatic heterocycles. The van der Waals surface area contributed by atoms with Gasteiger partial charge in [0.2, 0.25) is 0 Å². The van der Waals surface area contributed by atoms with Gasteiger partial charge in [0.05, 0.1) is 0 Å². The number of aliphatic hydroxyl groups is 1. The Bertz CT molecular complexity index is 375. The van der Waals surface area contributed by atoms with Gasteiger partial charge in [-0.25, -0.2) is 0 Å². The summed E-state index contributed by atoms with van der Waals surface area (Å²) in [6.07, 6.45) is 0. The number of hydrogen-bond donors (Lipinski definition) is 1. The fourth-order valence-electron chi connectivity index (χ4n) is 1.36. The minimum Gasteiger partial charge on any atom is -0.507 e. The van der Waals surface area contributed by atoms with E-state index in [1.54, 1.807) is 19.1 Å². The molecule has 0 unspecified atom stereocenters. The van der Waals surface area contributed by atoms with Gasteiger partial charge in [-0.2, -0.15) is 0 Å². The third-order valence-electron chi connectivity index (χ3n) is 2.30. The molecule has 1 aromatic rings. The highest BCUT2D eigenvalue weighted by molar-refractivity contribution is 6.01. The van der Waals surface area contributed by atoms with Gasteiger partial charge in [0.1, 0.15) is 5.76 Å². The summed E-state index contributed by atoms with van der Waals surface area (Å²) >= 11 is 0. The first kappa shape index (κ1) is 11.5. The Morgan fingerprint density at radius 2 is 1.73 bits per heavy atom. The number of ketones is 1. The molecule has 0 heterocycles. The van der Waals surface area contributed by atoms with E-state index < -0.39 is 0 Å². The molecule has 0 aliphatic carbocycles. The lowest BCUT2D eigenvalue weighted by molar-refractivity contribution is -0.118. The first-order valence-corrected chi connectivity index (χ1v) is 5.03. The lowest BCUT2D eigenvalue weighted by Crippen LogP contribution is -2.10. The summed E-state index contributed by atoms with van der Waals surface area (Å²) in [7, 11) is 0. The van der Waals surface area contributed by atoms with Crippen molar-refractivity contribution in [1.82, 2.24) is 0 Å². The first-order valence-electron chi connectivity index (χ1n) is 5.03. The topological polar surface area (TPSA) is 37.3 Å². The summed E-state index contributed by atoms with van der Waals surface area (Å²) in [5.41, 5.74) is 1.11. The van der Waals surface area contributed by atoms with Crippen LogP contribution in [0.1, 0.15) is 26.3 Å². The molecule has 0 atom stereocenters. The van der Waals surface area contributed by atoms with Gasteiger partial charge in [-0.15, -0.1) is 0 Å². The maximum atomic E-state index is 11.6. The fourth-order valence-corrected chi connectivity index (χ4v) is 1.36.